The fraction of sp³-hybridized carbons (Fsp3) is 0.364. The van der Waals surface area contributed by atoms with Crippen LogP contribution in [0.5, 0.6) is 11.5 Å². The summed E-state index contributed by atoms with van der Waals surface area (Å²) in [7, 11) is 0. The van der Waals surface area contributed by atoms with Gasteiger partial charge in [-0.05, 0) is 43.7 Å². The molecule has 2 rings (SSSR count). The first-order chi connectivity index (χ1) is 14.3. The molecule has 2 aromatic rings. The molecule has 2 aromatic carbocycles. The predicted molar refractivity (Wildman–Crippen MR) is 107 cm³/mol. The van der Waals surface area contributed by atoms with Gasteiger partial charge in [-0.1, -0.05) is 12.1 Å². The highest BCUT2D eigenvalue weighted by Gasteiger charge is 2.20. The largest absolute Gasteiger partial charge is 0.491 e. The second kappa shape index (κ2) is 11.1. The van der Waals surface area contributed by atoms with Crippen LogP contribution in [-0.4, -0.2) is 47.7 Å². The van der Waals surface area contributed by atoms with Gasteiger partial charge in [0.25, 0.3) is 0 Å². The van der Waals surface area contributed by atoms with Gasteiger partial charge in [-0.25, -0.2) is 14.0 Å². The summed E-state index contributed by atoms with van der Waals surface area (Å²) in [4.78, 5) is 14.4. The third-order valence-electron chi connectivity index (χ3n) is 3.96. The van der Waals surface area contributed by atoms with Gasteiger partial charge in [-0.2, -0.15) is 0 Å². The Morgan fingerprint density at radius 2 is 1.80 bits per heavy atom. The van der Waals surface area contributed by atoms with Crippen LogP contribution >= 0.6 is 0 Å². The van der Waals surface area contributed by atoms with E-state index in [-0.39, 0.29) is 37.2 Å². The molecule has 0 aliphatic heterocycles. The van der Waals surface area contributed by atoms with E-state index in [9.17, 15) is 19.4 Å². The highest BCUT2D eigenvalue weighted by molar-refractivity contribution is 5.72. The number of aliphatic hydroxyl groups excluding tert-OH is 1. The smallest absolute Gasteiger partial charge is 0.333 e. The number of aliphatic hydroxyl groups is 1. The molecule has 0 spiro atoms. The van der Waals surface area contributed by atoms with Crippen molar-refractivity contribution in [3.63, 3.8) is 0 Å². The van der Waals surface area contributed by atoms with Gasteiger partial charge in [0.1, 0.15) is 36.6 Å². The van der Waals surface area contributed by atoms with E-state index in [1.807, 2.05) is 0 Å². The minimum absolute atomic E-state index is 0.0725. The standard InChI is InChI=1S/C22H24FNO6/c1-14(2)30-21(22(26)27)10-15-5-4-6-17(9-15)28-12-16(25)13-29-18-7-8-20(24-3)19(23)11-18/h4-9,11,14,16,21,25H,10,12-13H2,1-2H3,(H,26,27). The van der Waals surface area contributed by atoms with E-state index >= 15 is 0 Å². The van der Waals surface area contributed by atoms with Crippen molar-refractivity contribution < 1.29 is 33.6 Å². The van der Waals surface area contributed by atoms with Crippen LogP contribution < -0.4 is 9.47 Å². The van der Waals surface area contributed by atoms with Gasteiger partial charge in [0, 0.05) is 12.5 Å². The topological polar surface area (TPSA) is 89.6 Å². The van der Waals surface area contributed by atoms with Gasteiger partial charge >= 0.3 is 5.97 Å². The first-order valence-electron chi connectivity index (χ1n) is 9.36. The Hall–Kier alpha value is -3.15. The van der Waals surface area contributed by atoms with E-state index in [2.05, 4.69) is 4.85 Å². The lowest BCUT2D eigenvalue weighted by molar-refractivity contribution is -0.153. The summed E-state index contributed by atoms with van der Waals surface area (Å²) >= 11 is 0. The molecule has 2 atom stereocenters. The first-order valence-corrected chi connectivity index (χ1v) is 9.36. The quantitative estimate of drug-likeness (QED) is 0.543. The number of hydrogen-bond acceptors (Lipinski definition) is 5. The number of nitrogens with zero attached hydrogens (tertiary/aromatic N) is 1. The van der Waals surface area contributed by atoms with Gasteiger partial charge in [0.05, 0.1) is 12.7 Å². The zero-order valence-corrected chi connectivity index (χ0v) is 16.7. The number of benzene rings is 2. The third kappa shape index (κ3) is 7.35. The highest BCUT2D eigenvalue weighted by atomic mass is 19.1. The van der Waals surface area contributed by atoms with Gasteiger partial charge in [0.15, 0.2) is 6.10 Å². The number of carboxylic acid groups (broad SMARTS) is 1. The van der Waals surface area contributed by atoms with Crippen molar-refractivity contribution in [3.8, 4) is 11.5 Å². The van der Waals surface area contributed by atoms with Crippen LogP contribution in [0.4, 0.5) is 10.1 Å². The maximum Gasteiger partial charge on any atom is 0.333 e. The Morgan fingerprint density at radius 3 is 2.37 bits per heavy atom. The molecule has 160 valence electrons. The second-order valence-electron chi connectivity index (χ2n) is 6.86. The monoisotopic (exact) mass is 417 g/mol. The molecule has 0 aliphatic carbocycles. The normalized spacial score (nSPS) is 12.8. The molecule has 0 heterocycles. The Bertz CT molecular complexity index is 895. The number of carboxylic acids is 1. The van der Waals surface area contributed by atoms with Crippen molar-refractivity contribution in [3.05, 3.63) is 65.3 Å². The molecule has 2 N–H and O–H groups in total. The number of aliphatic carboxylic acids is 1. The van der Waals surface area contributed by atoms with Crippen molar-refractivity contribution in [1.82, 2.24) is 0 Å². The van der Waals surface area contributed by atoms with Crippen molar-refractivity contribution >= 4 is 11.7 Å². The molecule has 30 heavy (non-hydrogen) atoms. The first kappa shape index (κ1) is 23.1. The van der Waals surface area contributed by atoms with E-state index in [0.29, 0.717) is 5.75 Å². The number of hydrogen-bond donors (Lipinski definition) is 2. The molecule has 2 unspecified atom stereocenters. The van der Waals surface area contributed by atoms with Gasteiger partial charge in [0.2, 0.25) is 5.69 Å². The molecular weight excluding hydrogens is 393 g/mol. The number of carbonyl (C=O) groups is 1. The molecule has 0 aromatic heterocycles. The molecule has 7 nitrogen and oxygen atoms in total. The summed E-state index contributed by atoms with van der Waals surface area (Å²) in [6.07, 6.45) is -1.98. The molecule has 8 heteroatoms. The number of ether oxygens (including phenoxy) is 3. The van der Waals surface area contributed by atoms with Crippen molar-refractivity contribution in [2.24, 2.45) is 0 Å². The summed E-state index contributed by atoms with van der Waals surface area (Å²) in [5, 5.41) is 19.3. The van der Waals surface area contributed by atoms with Crippen molar-refractivity contribution in [2.75, 3.05) is 13.2 Å². The number of rotatable bonds is 11. The molecule has 0 saturated carbocycles. The van der Waals surface area contributed by atoms with Crippen LogP contribution in [-0.2, 0) is 16.0 Å². The third-order valence-corrected chi connectivity index (χ3v) is 3.96. The minimum Gasteiger partial charge on any atom is -0.491 e. The van der Waals surface area contributed by atoms with Crippen LogP contribution in [0.3, 0.4) is 0 Å². The Morgan fingerprint density at radius 1 is 1.13 bits per heavy atom. The van der Waals surface area contributed by atoms with Crippen LogP contribution in [0.15, 0.2) is 42.5 Å². The van der Waals surface area contributed by atoms with Crippen LogP contribution in [0.25, 0.3) is 4.85 Å². The average molecular weight is 417 g/mol. The fourth-order valence-electron chi connectivity index (χ4n) is 2.60. The predicted octanol–water partition coefficient (Wildman–Crippen LogP) is 3.62. The average Bonchev–Trinajstić information content (AvgIpc) is 2.70. The van der Waals surface area contributed by atoms with Gasteiger partial charge in [-0.15, -0.1) is 0 Å². The summed E-state index contributed by atoms with van der Waals surface area (Å²) < 4.78 is 29.8. The molecule has 0 bridgehead atoms. The lowest BCUT2D eigenvalue weighted by Crippen LogP contribution is -2.29. The fourth-order valence-corrected chi connectivity index (χ4v) is 2.60. The lowest BCUT2D eigenvalue weighted by atomic mass is 10.1. The Balaban J connectivity index is 1.86. The molecule has 0 amide bonds. The molecule has 0 fully saturated rings. The summed E-state index contributed by atoms with van der Waals surface area (Å²) in [6, 6.07) is 10.7. The van der Waals surface area contributed by atoms with Crippen LogP contribution in [0, 0.1) is 12.4 Å². The molecular formula is C22H24FNO6. The number of halogens is 1. The van der Waals surface area contributed by atoms with E-state index in [0.717, 1.165) is 11.6 Å². The summed E-state index contributed by atoms with van der Waals surface area (Å²) in [5.74, 6) is -1.06. The van der Waals surface area contributed by atoms with Crippen molar-refractivity contribution in [1.29, 1.82) is 0 Å². The Labute approximate surface area is 174 Å². The van der Waals surface area contributed by atoms with E-state index in [4.69, 9.17) is 20.8 Å². The van der Waals surface area contributed by atoms with E-state index in [1.165, 1.54) is 12.1 Å². The lowest BCUT2D eigenvalue weighted by Gasteiger charge is -2.17. The minimum atomic E-state index is -1.04. The molecule has 0 aliphatic rings. The SMILES string of the molecule is [C-]#[N+]c1ccc(OCC(O)COc2cccc(CC(OC(C)C)C(=O)O)c2)cc1F. The van der Waals surface area contributed by atoms with Gasteiger partial charge in [-0.3, -0.25) is 0 Å². The van der Waals surface area contributed by atoms with Crippen molar-refractivity contribution in [2.45, 2.75) is 38.6 Å². The zero-order chi connectivity index (χ0) is 22.1. The summed E-state index contributed by atoms with van der Waals surface area (Å²) in [6.45, 7) is 10.2. The maximum atomic E-state index is 13.6. The maximum absolute atomic E-state index is 13.6. The summed E-state index contributed by atoms with van der Waals surface area (Å²) in [5.41, 5.74) is 0.622. The van der Waals surface area contributed by atoms with E-state index in [1.54, 1.807) is 38.1 Å². The molecule has 0 radical (unpaired) electrons. The zero-order valence-electron chi connectivity index (χ0n) is 16.7. The second-order valence-corrected chi connectivity index (χ2v) is 6.86. The van der Waals surface area contributed by atoms with E-state index < -0.39 is 24.0 Å². The molecule has 0 saturated heterocycles. The van der Waals surface area contributed by atoms with Crippen LogP contribution in [0.1, 0.15) is 19.4 Å². The Kier molecular flexibility index (Phi) is 8.59. The van der Waals surface area contributed by atoms with Gasteiger partial charge < -0.3 is 24.4 Å². The van der Waals surface area contributed by atoms with Crippen LogP contribution in [0.2, 0.25) is 0 Å². The highest BCUT2D eigenvalue weighted by Crippen LogP contribution is 2.23.